The summed E-state index contributed by atoms with van der Waals surface area (Å²) in [6.45, 7) is 3.82. The number of anilines is 1. The number of aromatic nitrogens is 4. The zero-order valence-electron chi connectivity index (χ0n) is 9.31. The van der Waals surface area contributed by atoms with Crippen LogP contribution in [0.15, 0.2) is 22.6 Å². The van der Waals surface area contributed by atoms with E-state index >= 15 is 0 Å². The predicted molar refractivity (Wildman–Crippen MR) is 67.1 cm³/mol. The van der Waals surface area contributed by atoms with Gasteiger partial charge in [0.15, 0.2) is 10.3 Å². The summed E-state index contributed by atoms with van der Waals surface area (Å²) in [6, 6.07) is 1.90. The molecule has 0 amide bonds. The summed E-state index contributed by atoms with van der Waals surface area (Å²) >= 11 is 7.09. The first-order valence-corrected chi connectivity index (χ1v) is 6.02. The third-order valence-electron chi connectivity index (χ3n) is 1.95. The Bertz CT molecular complexity index is 540. The zero-order valence-corrected chi connectivity index (χ0v) is 10.9. The van der Waals surface area contributed by atoms with Gasteiger partial charge in [0.05, 0.1) is 0 Å². The maximum atomic E-state index is 5.81. The van der Waals surface area contributed by atoms with Crippen LogP contribution in [0.4, 0.5) is 5.69 Å². The van der Waals surface area contributed by atoms with Gasteiger partial charge < -0.3 is 5.73 Å². The number of hydrogen-bond donors (Lipinski definition) is 1. The van der Waals surface area contributed by atoms with Crippen LogP contribution in [0.5, 0.6) is 0 Å². The molecule has 0 radical (unpaired) electrons. The Hall–Kier alpha value is -1.40. The van der Waals surface area contributed by atoms with Gasteiger partial charge in [-0.05, 0) is 31.7 Å². The first-order chi connectivity index (χ1) is 8.06. The van der Waals surface area contributed by atoms with Crippen molar-refractivity contribution in [1.29, 1.82) is 0 Å². The van der Waals surface area contributed by atoms with Crippen molar-refractivity contribution in [1.82, 2.24) is 19.9 Å². The molecule has 5 nitrogen and oxygen atoms in total. The van der Waals surface area contributed by atoms with Crippen LogP contribution in [0, 0.1) is 13.8 Å². The zero-order chi connectivity index (χ0) is 12.4. The molecule has 0 spiro atoms. The number of rotatable bonds is 2. The maximum absolute atomic E-state index is 5.81. The Morgan fingerprint density at radius 2 is 1.82 bits per heavy atom. The van der Waals surface area contributed by atoms with Crippen LogP contribution in [0.3, 0.4) is 0 Å². The summed E-state index contributed by atoms with van der Waals surface area (Å²) in [6.07, 6.45) is 1.36. The number of nitrogens with zero attached hydrogens (tertiary/aromatic N) is 4. The second-order valence-electron chi connectivity index (χ2n) is 3.42. The predicted octanol–water partition coefficient (Wildman–Crippen LogP) is 2.27. The Kier molecular flexibility index (Phi) is 3.44. The van der Waals surface area contributed by atoms with Crippen molar-refractivity contribution >= 4 is 29.1 Å². The van der Waals surface area contributed by atoms with Crippen molar-refractivity contribution in [2.24, 2.45) is 0 Å². The van der Waals surface area contributed by atoms with E-state index in [0.717, 1.165) is 11.4 Å². The van der Waals surface area contributed by atoms with Crippen molar-refractivity contribution in [2.75, 3.05) is 5.73 Å². The molecule has 17 heavy (non-hydrogen) atoms. The molecule has 2 heterocycles. The third kappa shape index (κ3) is 2.83. The summed E-state index contributed by atoms with van der Waals surface area (Å²) in [7, 11) is 0. The molecular weight excluding hydrogens is 258 g/mol. The van der Waals surface area contributed by atoms with E-state index in [0.29, 0.717) is 15.9 Å². The van der Waals surface area contributed by atoms with Gasteiger partial charge in [-0.1, -0.05) is 11.6 Å². The molecule has 2 aromatic heterocycles. The maximum Gasteiger partial charge on any atom is 0.194 e. The molecule has 0 saturated heterocycles. The molecule has 0 bridgehead atoms. The minimum Gasteiger partial charge on any atom is -0.394 e. The molecular formula is C10H10ClN5S. The van der Waals surface area contributed by atoms with E-state index in [1.807, 2.05) is 19.9 Å². The second kappa shape index (κ2) is 4.85. The third-order valence-corrected chi connectivity index (χ3v) is 3.13. The average molecular weight is 268 g/mol. The van der Waals surface area contributed by atoms with Crippen LogP contribution in [0.1, 0.15) is 11.4 Å². The van der Waals surface area contributed by atoms with Crippen LogP contribution < -0.4 is 5.73 Å². The Morgan fingerprint density at radius 3 is 2.47 bits per heavy atom. The van der Waals surface area contributed by atoms with E-state index in [9.17, 15) is 0 Å². The lowest BCUT2D eigenvalue weighted by Gasteiger charge is -2.05. The fourth-order valence-electron chi connectivity index (χ4n) is 1.27. The molecule has 0 fully saturated rings. The van der Waals surface area contributed by atoms with Gasteiger partial charge in [0.2, 0.25) is 0 Å². The molecule has 2 N–H and O–H groups in total. The topological polar surface area (TPSA) is 77.6 Å². The fourth-order valence-corrected chi connectivity index (χ4v) is 2.31. The van der Waals surface area contributed by atoms with E-state index in [4.69, 9.17) is 17.3 Å². The highest BCUT2D eigenvalue weighted by molar-refractivity contribution is 7.99. The Balaban J connectivity index is 2.34. The molecule has 0 aliphatic carbocycles. The molecule has 0 aliphatic heterocycles. The van der Waals surface area contributed by atoms with Crippen LogP contribution in [-0.2, 0) is 0 Å². The monoisotopic (exact) mass is 267 g/mol. The van der Waals surface area contributed by atoms with Gasteiger partial charge in [0.1, 0.15) is 17.0 Å². The number of nitrogen functional groups attached to an aromatic ring is 1. The number of halogens is 1. The highest BCUT2D eigenvalue weighted by Crippen LogP contribution is 2.30. The molecule has 7 heteroatoms. The normalized spacial score (nSPS) is 10.5. The van der Waals surface area contributed by atoms with Gasteiger partial charge in [-0.25, -0.2) is 19.9 Å². The summed E-state index contributed by atoms with van der Waals surface area (Å²) in [5, 5.41) is 1.41. The summed E-state index contributed by atoms with van der Waals surface area (Å²) < 4.78 is 0. The quantitative estimate of drug-likeness (QED) is 0.664. The minimum absolute atomic E-state index is 0.242. The molecule has 0 aliphatic rings. The van der Waals surface area contributed by atoms with Crippen LogP contribution in [0.25, 0.3) is 0 Å². The van der Waals surface area contributed by atoms with E-state index in [-0.39, 0.29) is 5.15 Å². The van der Waals surface area contributed by atoms with Crippen LogP contribution in [0.2, 0.25) is 5.15 Å². The van der Waals surface area contributed by atoms with Crippen molar-refractivity contribution in [3.63, 3.8) is 0 Å². The highest BCUT2D eigenvalue weighted by atomic mass is 35.5. The summed E-state index contributed by atoms with van der Waals surface area (Å²) in [5.41, 5.74) is 7.93. The first kappa shape index (κ1) is 12.1. The largest absolute Gasteiger partial charge is 0.394 e. The van der Waals surface area contributed by atoms with Crippen molar-refractivity contribution in [2.45, 2.75) is 24.0 Å². The number of hydrogen-bond acceptors (Lipinski definition) is 6. The molecule has 0 unspecified atom stereocenters. The summed E-state index contributed by atoms with van der Waals surface area (Å²) in [5.74, 6) is 0. The first-order valence-electron chi connectivity index (χ1n) is 4.82. The molecule has 0 aromatic carbocycles. The van der Waals surface area contributed by atoms with Crippen molar-refractivity contribution in [3.05, 3.63) is 28.9 Å². The van der Waals surface area contributed by atoms with Crippen LogP contribution in [-0.4, -0.2) is 19.9 Å². The number of aryl methyl sites for hydroxylation is 2. The molecule has 2 rings (SSSR count). The van der Waals surface area contributed by atoms with Gasteiger partial charge in [0, 0.05) is 11.4 Å². The number of nitrogens with two attached hydrogens (primary N) is 1. The van der Waals surface area contributed by atoms with Gasteiger partial charge in [-0.15, -0.1) is 0 Å². The highest BCUT2D eigenvalue weighted by Gasteiger charge is 2.10. The lowest BCUT2D eigenvalue weighted by atomic mass is 10.4. The van der Waals surface area contributed by atoms with E-state index < -0.39 is 0 Å². The summed E-state index contributed by atoms with van der Waals surface area (Å²) in [4.78, 5) is 16.4. The SMILES string of the molecule is Cc1cc(C)nc(Sc2ncnc(Cl)c2N)n1. The van der Waals surface area contributed by atoms with E-state index in [1.54, 1.807) is 0 Å². The molecule has 88 valence electrons. The molecule has 0 atom stereocenters. The standard InChI is InChI=1S/C10H10ClN5S/c1-5-3-6(2)16-10(15-5)17-9-7(12)8(11)13-4-14-9/h3-4H,12H2,1-2H3. The van der Waals surface area contributed by atoms with Gasteiger partial charge in [-0.3, -0.25) is 0 Å². The lowest BCUT2D eigenvalue weighted by Crippen LogP contribution is -1.97. The van der Waals surface area contributed by atoms with Crippen molar-refractivity contribution in [3.8, 4) is 0 Å². The average Bonchev–Trinajstić information content (AvgIpc) is 2.23. The van der Waals surface area contributed by atoms with Gasteiger partial charge >= 0.3 is 0 Å². The second-order valence-corrected chi connectivity index (χ2v) is 4.73. The Morgan fingerprint density at radius 1 is 1.18 bits per heavy atom. The lowest BCUT2D eigenvalue weighted by molar-refractivity contribution is 0.898. The van der Waals surface area contributed by atoms with Crippen LogP contribution >= 0.6 is 23.4 Å². The molecule has 0 saturated carbocycles. The van der Waals surface area contributed by atoms with Gasteiger partial charge in [-0.2, -0.15) is 0 Å². The van der Waals surface area contributed by atoms with Gasteiger partial charge in [0.25, 0.3) is 0 Å². The fraction of sp³-hybridized carbons (Fsp3) is 0.200. The van der Waals surface area contributed by atoms with E-state index in [1.165, 1.54) is 18.1 Å². The smallest absolute Gasteiger partial charge is 0.194 e. The van der Waals surface area contributed by atoms with Crippen molar-refractivity contribution < 1.29 is 0 Å². The minimum atomic E-state index is 0.242. The Labute approximate surface area is 108 Å². The van der Waals surface area contributed by atoms with E-state index in [2.05, 4.69) is 19.9 Å². The molecule has 2 aromatic rings.